The van der Waals surface area contributed by atoms with Crippen LogP contribution in [0.1, 0.15) is 22.7 Å². The van der Waals surface area contributed by atoms with Gasteiger partial charge < -0.3 is 0 Å². The Bertz CT molecular complexity index is 754. The summed E-state index contributed by atoms with van der Waals surface area (Å²) in [6.07, 6.45) is -3.93. The highest BCUT2D eigenvalue weighted by Crippen LogP contribution is 2.36. The van der Waals surface area contributed by atoms with E-state index in [1.807, 2.05) is 6.07 Å². The van der Waals surface area contributed by atoms with Crippen LogP contribution in [0.5, 0.6) is 0 Å². The van der Waals surface area contributed by atoms with Gasteiger partial charge in [-0.05, 0) is 23.8 Å². The summed E-state index contributed by atoms with van der Waals surface area (Å²) < 4.78 is 37.8. The molecular weight excluding hydrogens is 360 g/mol. The first-order chi connectivity index (χ1) is 10.2. The first kappa shape index (κ1) is 16.9. The molecule has 8 heteroatoms. The summed E-state index contributed by atoms with van der Waals surface area (Å²) in [5.41, 5.74) is -0.621. The summed E-state index contributed by atoms with van der Waals surface area (Å²) in [6.45, 7) is 0. The van der Waals surface area contributed by atoms with Crippen molar-refractivity contribution in [1.82, 2.24) is 4.98 Å². The van der Waals surface area contributed by atoms with Crippen LogP contribution in [0.25, 0.3) is 0 Å². The fraction of sp³-hybridized carbons (Fsp3) is 0.143. The molecule has 1 aromatic carbocycles. The monoisotopic (exact) mass is 364 g/mol. The Morgan fingerprint density at radius 2 is 1.77 bits per heavy atom. The smallest absolute Gasteiger partial charge is 0.257 e. The summed E-state index contributed by atoms with van der Waals surface area (Å²) in [4.78, 5) is 3.69. The fourth-order valence-electron chi connectivity index (χ4n) is 1.83. The second kappa shape index (κ2) is 6.33. The number of hydrogen-bond donors (Lipinski definition) is 0. The SMILES string of the molecule is N#C[C@@H](c1ccc(Cl)cc1Cl)c1ncc(C(F)(F)F)cc1Cl. The number of hydrogen-bond acceptors (Lipinski definition) is 2. The third-order valence-corrected chi connectivity index (χ3v) is 3.74. The van der Waals surface area contributed by atoms with Crippen molar-refractivity contribution in [3.63, 3.8) is 0 Å². The molecule has 0 aliphatic rings. The number of rotatable bonds is 2. The highest BCUT2D eigenvalue weighted by molar-refractivity contribution is 6.35. The van der Waals surface area contributed by atoms with Gasteiger partial charge in [-0.2, -0.15) is 18.4 Å². The maximum atomic E-state index is 12.6. The van der Waals surface area contributed by atoms with E-state index in [1.165, 1.54) is 18.2 Å². The van der Waals surface area contributed by atoms with Gasteiger partial charge in [0.05, 0.1) is 22.3 Å². The molecule has 0 saturated carbocycles. The quantitative estimate of drug-likeness (QED) is 0.683. The first-order valence-corrected chi connectivity index (χ1v) is 6.94. The molecule has 1 aromatic heterocycles. The van der Waals surface area contributed by atoms with E-state index in [4.69, 9.17) is 34.8 Å². The summed E-state index contributed by atoms with van der Waals surface area (Å²) in [5.74, 6) is -1.00. The third kappa shape index (κ3) is 3.46. The Kier molecular flexibility index (Phi) is 4.86. The molecule has 0 unspecified atom stereocenters. The van der Waals surface area contributed by atoms with Crippen molar-refractivity contribution in [2.45, 2.75) is 12.1 Å². The van der Waals surface area contributed by atoms with E-state index in [2.05, 4.69) is 4.98 Å². The minimum absolute atomic E-state index is 0.00129. The van der Waals surface area contributed by atoms with E-state index in [0.29, 0.717) is 16.8 Å². The number of aromatic nitrogens is 1. The van der Waals surface area contributed by atoms with Gasteiger partial charge in [0.15, 0.2) is 0 Å². The lowest BCUT2D eigenvalue weighted by Gasteiger charge is -2.14. The zero-order valence-electron chi connectivity index (χ0n) is 10.6. The van der Waals surface area contributed by atoms with Crippen LogP contribution in [0.15, 0.2) is 30.5 Å². The molecule has 0 amide bonds. The largest absolute Gasteiger partial charge is 0.417 e. The zero-order valence-corrected chi connectivity index (χ0v) is 12.9. The molecular formula is C14H6Cl3F3N2. The van der Waals surface area contributed by atoms with E-state index >= 15 is 0 Å². The molecule has 0 aliphatic carbocycles. The minimum Gasteiger partial charge on any atom is -0.257 e. The predicted octanol–water partition coefficient (Wildman–Crippen LogP) is 5.72. The molecule has 22 heavy (non-hydrogen) atoms. The Morgan fingerprint density at radius 3 is 2.27 bits per heavy atom. The van der Waals surface area contributed by atoms with E-state index < -0.39 is 17.7 Å². The molecule has 0 radical (unpaired) electrons. The standard InChI is InChI=1S/C14H6Cl3F3N2/c15-8-1-2-9(11(16)4-8)10(5-21)13-12(17)3-7(6-22-13)14(18,19)20/h1-4,6,10H/t10-/m0/s1. The molecule has 0 fully saturated rings. The number of nitrogens with zero attached hydrogens (tertiary/aromatic N) is 2. The van der Waals surface area contributed by atoms with Crippen molar-refractivity contribution in [2.24, 2.45) is 0 Å². The number of pyridine rings is 1. The topological polar surface area (TPSA) is 36.7 Å². The lowest BCUT2D eigenvalue weighted by atomic mass is 9.96. The van der Waals surface area contributed by atoms with Gasteiger partial charge in [0.1, 0.15) is 5.92 Å². The van der Waals surface area contributed by atoms with Gasteiger partial charge in [-0.3, -0.25) is 4.98 Å². The first-order valence-electron chi connectivity index (χ1n) is 5.81. The molecule has 1 atom stereocenters. The number of nitriles is 1. The second-order valence-electron chi connectivity index (χ2n) is 4.32. The maximum Gasteiger partial charge on any atom is 0.417 e. The third-order valence-electron chi connectivity index (χ3n) is 2.87. The van der Waals surface area contributed by atoms with Crippen LogP contribution < -0.4 is 0 Å². The molecule has 0 N–H and O–H groups in total. The van der Waals surface area contributed by atoms with Crippen molar-refractivity contribution in [3.05, 3.63) is 62.4 Å². The number of halogens is 6. The molecule has 1 heterocycles. The van der Waals surface area contributed by atoms with Crippen molar-refractivity contribution >= 4 is 34.8 Å². The fourth-order valence-corrected chi connectivity index (χ4v) is 2.62. The van der Waals surface area contributed by atoms with Gasteiger partial charge in [-0.15, -0.1) is 0 Å². The molecule has 2 nitrogen and oxygen atoms in total. The van der Waals surface area contributed by atoms with Gasteiger partial charge in [0, 0.05) is 16.2 Å². The number of alkyl halides is 3. The van der Waals surface area contributed by atoms with E-state index in [1.54, 1.807) is 0 Å². The van der Waals surface area contributed by atoms with Crippen LogP contribution in [-0.2, 0) is 6.18 Å². The minimum atomic E-state index is -4.56. The highest BCUT2D eigenvalue weighted by Gasteiger charge is 2.32. The Labute approximate surface area is 139 Å². The van der Waals surface area contributed by atoms with Crippen molar-refractivity contribution in [1.29, 1.82) is 5.26 Å². The second-order valence-corrected chi connectivity index (χ2v) is 5.57. The van der Waals surface area contributed by atoms with Gasteiger partial charge in [-0.1, -0.05) is 40.9 Å². The number of benzene rings is 1. The van der Waals surface area contributed by atoms with Crippen LogP contribution in [-0.4, -0.2) is 4.98 Å². The van der Waals surface area contributed by atoms with Crippen LogP contribution >= 0.6 is 34.8 Å². The summed E-state index contributed by atoms with van der Waals surface area (Å²) in [6, 6.07) is 7.13. The summed E-state index contributed by atoms with van der Waals surface area (Å²) >= 11 is 17.7. The molecule has 0 spiro atoms. The zero-order chi connectivity index (χ0) is 16.5. The van der Waals surface area contributed by atoms with Gasteiger partial charge in [0.25, 0.3) is 0 Å². The molecule has 0 saturated heterocycles. The van der Waals surface area contributed by atoms with Crippen LogP contribution in [0.4, 0.5) is 13.2 Å². The van der Waals surface area contributed by atoms with Crippen LogP contribution in [0.3, 0.4) is 0 Å². The van der Waals surface area contributed by atoms with Gasteiger partial charge in [0.2, 0.25) is 0 Å². The van der Waals surface area contributed by atoms with E-state index in [-0.39, 0.29) is 15.7 Å². The van der Waals surface area contributed by atoms with Crippen molar-refractivity contribution < 1.29 is 13.2 Å². The Hall–Kier alpha value is -1.48. The van der Waals surface area contributed by atoms with E-state index in [0.717, 1.165) is 6.07 Å². The summed E-state index contributed by atoms with van der Waals surface area (Å²) in [5, 5.41) is 9.64. The molecule has 2 rings (SSSR count). The summed E-state index contributed by atoms with van der Waals surface area (Å²) in [7, 11) is 0. The average molecular weight is 366 g/mol. The molecule has 2 aromatic rings. The lowest BCUT2D eigenvalue weighted by molar-refractivity contribution is -0.137. The molecule has 0 bridgehead atoms. The van der Waals surface area contributed by atoms with E-state index in [9.17, 15) is 18.4 Å². The van der Waals surface area contributed by atoms with Crippen LogP contribution in [0.2, 0.25) is 15.1 Å². The Morgan fingerprint density at radius 1 is 1.09 bits per heavy atom. The Balaban J connectivity index is 2.51. The molecule has 0 aliphatic heterocycles. The van der Waals surface area contributed by atoms with Crippen LogP contribution in [0, 0.1) is 11.3 Å². The predicted molar refractivity (Wildman–Crippen MR) is 78.2 cm³/mol. The van der Waals surface area contributed by atoms with Crippen molar-refractivity contribution in [2.75, 3.05) is 0 Å². The lowest BCUT2D eigenvalue weighted by Crippen LogP contribution is -2.09. The average Bonchev–Trinajstić information content (AvgIpc) is 2.42. The van der Waals surface area contributed by atoms with Gasteiger partial charge >= 0.3 is 6.18 Å². The van der Waals surface area contributed by atoms with Gasteiger partial charge in [-0.25, -0.2) is 0 Å². The maximum absolute atomic E-state index is 12.6. The highest BCUT2D eigenvalue weighted by atomic mass is 35.5. The normalized spacial score (nSPS) is 12.8. The molecule has 114 valence electrons. The van der Waals surface area contributed by atoms with Crippen molar-refractivity contribution in [3.8, 4) is 6.07 Å².